The Balaban J connectivity index is 2.70. The number of amides is 1. The summed E-state index contributed by atoms with van der Waals surface area (Å²) in [6.07, 6.45) is 3.67. The first-order valence-corrected chi connectivity index (χ1v) is 5.42. The molecule has 1 aromatic heterocycles. The van der Waals surface area contributed by atoms with Gasteiger partial charge in [-0.3, -0.25) is 9.59 Å². The topological polar surface area (TPSA) is 64.0 Å². The first-order valence-electron chi connectivity index (χ1n) is 5.05. The lowest BCUT2D eigenvalue weighted by atomic mass is 10.2. The normalized spacial score (nSPS) is 12.2. The van der Waals surface area contributed by atoms with Crippen LogP contribution in [-0.4, -0.2) is 21.5 Å². The molecule has 1 atom stereocenters. The van der Waals surface area contributed by atoms with Gasteiger partial charge in [-0.1, -0.05) is 18.5 Å². The van der Waals surface area contributed by atoms with Gasteiger partial charge in [0, 0.05) is 18.4 Å². The van der Waals surface area contributed by atoms with E-state index in [9.17, 15) is 9.59 Å². The van der Waals surface area contributed by atoms with Crippen molar-refractivity contribution in [2.45, 2.75) is 32.9 Å². The molecule has 0 fully saturated rings. The molecule has 0 saturated heterocycles. The number of aromatic nitrogens is 2. The van der Waals surface area contributed by atoms with Gasteiger partial charge in [0.05, 0.1) is 0 Å². The van der Waals surface area contributed by atoms with Crippen LogP contribution in [0.15, 0.2) is 17.2 Å². The predicted molar refractivity (Wildman–Crippen MR) is 61.4 cm³/mol. The SMILES string of the molecule is CCC(C)NC(=O)Cn1ccnc(Cl)c1=O. The average molecular weight is 244 g/mol. The van der Waals surface area contributed by atoms with E-state index in [2.05, 4.69) is 10.3 Å². The number of halogens is 1. The summed E-state index contributed by atoms with van der Waals surface area (Å²) in [6.45, 7) is 3.84. The molecule has 1 heterocycles. The standard InChI is InChI=1S/C10H14ClN3O2/c1-3-7(2)13-8(15)6-14-5-4-12-9(11)10(14)16/h4-5,7H,3,6H2,1-2H3,(H,13,15). The van der Waals surface area contributed by atoms with Crippen molar-refractivity contribution in [2.24, 2.45) is 0 Å². The molecule has 0 spiro atoms. The number of nitrogens with one attached hydrogen (secondary N) is 1. The minimum atomic E-state index is -0.455. The molecule has 1 rings (SSSR count). The maximum absolute atomic E-state index is 11.5. The molecule has 1 amide bonds. The second-order valence-electron chi connectivity index (χ2n) is 3.53. The van der Waals surface area contributed by atoms with Crippen LogP contribution in [0.5, 0.6) is 0 Å². The van der Waals surface area contributed by atoms with E-state index >= 15 is 0 Å². The summed E-state index contributed by atoms with van der Waals surface area (Å²) in [4.78, 5) is 26.6. The number of nitrogens with zero attached hydrogens (tertiary/aromatic N) is 2. The number of hydrogen-bond donors (Lipinski definition) is 1. The molecule has 0 radical (unpaired) electrons. The van der Waals surface area contributed by atoms with Gasteiger partial charge in [-0.2, -0.15) is 0 Å². The third-order valence-corrected chi connectivity index (χ3v) is 2.46. The molecule has 1 aromatic rings. The second kappa shape index (κ2) is 5.65. The van der Waals surface area contributed by atoms with Gasteiger partial charge >= 0.3 is 0 Å². The summed E-state index contributed by atoms with van der Waals surface area (Å²) in [6, 6.07) is 0.0977. The van der Waals surface area contributed by atoms with E-state index in [1.807, 2.05) is 13.8 Å². The summed E-state index contributed by atoms with van der Waals surface area (Å²) < 4.78 is 1.23. The minimum absolute atomic E-state index is 0.0363. The number of hydrogen-bond acceptors (Lipinski definition) is 3. The van der Waals surface area contributed by atoms with Gasteiger partial charge in [0.15, 0.2) is 5.15 Å². The largest absolute Gasteiger partial charge is 0.352 e. The van der Waals surface area contributed by atoms with Gasteiger partial charge in [0.2, 0.25) is 5.91 Å². The Labute approximate surface area is 98.4 Å². The van der Waals surface area contributed by atoms with Crippen LogP contribution in [0.2, 0.25) is 5.15 Å². The highest BCUT2D eigenvalue weighted by Crippen LogP contribution is 1.94. The second-order valence-corrected chi connectivity index (χ2v) is 3.89. The van der Waals surface area contributed by atoms with Crippen molar-refractivity contribution in [2.75, 3.05) is 0 Å². The fraction of sp³-hybridized carbons (Fsp3) is 0.500. The maximum Gasteiger partial charge on any atom is 0.288 e. The highest BCUT2D eigenvalue weighted by atomic mass is 35.5. The highest BCUT2D eigenvalue weighted by Gasteiger charge is 2.08. The smallest absolute Gasteiger partial charge is 0.288 e. The van der Waals surface area contributed by atoms with E-state index in [4.69, 9.17) is 11.6 Å². The Morgan fingerprint density at radius 3 is 3.00 bits per heavy atom. The zero-order chi connectivity index (χ0) is 12.1. The predicted octanol–water partition coefficient (Wildman–Crippen LogP) is 0.811. The quantitative estimate of drug-likeness (QED) is 0.851. The van der Waals surface area contributed by atoms with E-state index in [1.54, 1.807) is 0 Å². The van der Waals surface area contributed by atoms with E-state index in [1.165, 1.54) is 17.0 Å². The summed E-state index contributed by atoms with van der Waals surface area (Å²) in [5.74, 6) is -0.210. The zero-order valence-corrected chi connectivity index (χ0v) is 9.99. The molecule has 5 nitrogen and oxygen atoms in total. The van der Waals surface area contributed by atoms with Gasteiger partial charge in [-0.05, 0) is 13.3 Å². The van der Waals surface area contributed by atoms with Crippen LogP contribution in [0.3, 0.4) is 0 Å². The molecular formula is C10H14ClN3O2. The molecule has 88 valence electrons. The monoisotopic (exact) mass is 243 g/mol. The molecular weight excluding hydrogens is 230 g/mol. The summed E-state index contributed by atoms with van der Waals surface area (Å²) in [5.41, 5.74) is -0.455. The lowest BCUT2D eigenvalue weighted by molar-refractivity contribution is -0.122. The number of rotatable bonds is 4. The van der Waals surface area contributed by atoms with Gasteiger partial charge in [-0.15, -0.1) is 0 Å². The molecule has 0 aliphatic heterocycles. The molecule has 0 aromatic carbocycles. The molecule has 0 aliphatic carbocycles. The van der Waals surface area contributed by atoms with Gasteiger partial charge in [0.1, 0.15) is 6.54 Å². The molecule has 1 N–H and O–H groups in total. The lowest BCUT2D eigenvalue weighted by Crippen LogP contribution is -2.37. The third kappa shape index (κ3) is 3.34. The van der Waals surface area contributed by atoms with Crippen LogP contribution in [-0.2, 0) is 11.3 Å². The van der Waals surface area contributed by atoms with Crippen molar-refractivity contribution in [1.82, 2.24) is 14.9 Å². The third-order valence-electron chi connectivity index (χ3n) is 2.21. The Morgan fingerprint density at radius 1 is 1.69 bits per heavy atom. The van der Waals surface area contributed by atoms with Crippen molar-refractivity contribution in [3.63, 3.8) is 0 Å². The summed E-state index contributed by atoms with van der Waals surface area (Å²) in [5, 5.41) is 2.64. The van der Waals surface area contributed by atoms with Gasteiger partial charge < -0.3 is 9.88 Å². The Bertz CT molecular complexity index is 430. The Hall–Kier alpha value is -1.36. The first-order chi connectivity index (χ1) is 7.54. The van der Waals surface area contributed by atoms with Crippen LogP contribution >= 0.6 is 11.6 Å². The van der Waals surface area contributed by atoms with Crippen LogP contribution in [0, 0.1) is 0 Å². The number of carbonyl (C=O) groups is 1. The van der Waals surface area contributed by atoms with Crippen LogP contribution in [0.1, 0.15) is 20.3 Å². The van der Waals surface area contributed by atoms with Crippen molar-refractivity contribution >= 4 is 17.5 Å². The van der Waals surface area contributed by atoms with Crippen LogP contribution in [0.25, 0.3) is 0 Å². The van der Waals surface area contributed by atoms with Crippen LogP contribution in [0.4, 0.5) is 0 Å². The van der Waals surface area contributed by atoms with Crippen molar-refractivity contribution in [1.29, 1.82) is 0 Å². The zero-order valence-electron chi connectivity index (χ0n) is 9.24. The van der Waals surface area contributed by atoms with E-state index in [0.717, 1.165) is 6.42 Å². The lowest BCUT2D eigenvalue weighted by Gasteiger charge is -2.12. The Kier molecular flexibility index (Phi) is 4.49. The van der Waals surface area contributed by atoms with E-state index in [-0.39, 0.29) is 23.6 Å². The number of carbonyl (C=O) groups excluding carboxylic acids is 1. The summed E-state index contributed by atoms with van der Waals surface area (Å²) >= 11 is 5.55. The van der Waals surface area contributed by atoms with Crippen molar-refractivity contribution < 1.29 is 4.79 Å². The highest BCUT2D eigenvalue weighted by molar-refractivity contribution is 6.29. The van der Waals surface area contributed by atoms with Gasteiger partial charge in [0.25, 0.3) is 5.56 Å². The summed E-state index contributed by atoms with van der Waals surface area (Å²) in [7, 11) is 0. The first kappa shape index (κ1) is 12.7. The molecule has 6 heteroatoms. The van der Waals surface area contributed by atoms with Gasteiger partial charge in [-0.25, -0.2) is 4.98 Å². The maximum atomic E-state index is 11.5. The Morgan fingerprint density at radius 2 is 2.38 bits per heavy atom. The van der Waals surface area contributed by atoms with Crippen molar-refractivity contribution in [3.05, 3.63) is 27.9 Å². The molecule has 0 bridgehead atoms. The molecule has 0 saturated carbocycles. The van der Waals surface area contributed by atoms with Crippen LogP contribution < -0.4 is 10.9 Å². The molecule has 0 aliphatic rings. The van der Waals surface area contributed by atoms with Crippen molar-refractivity contribution in [3.8, 4) is 0 Å². The fourth-order valence-electron chi connectivity index (χ4n) is 1.12. The van der Waals surface area contributed by atoms with E-state index in [0.29, 0.717) is 0 Å². The average Bonchev–Trinajstić information content (AvgIpc) is 2.24. The minimum Gasteiger partial charge on any atom is -0.352 e. The fourth-order valence-corrected chi connectivity index (χ4v) is 1.29. The van der Waals surface area contributed by atoms with E-state index < -0.39 is 5.56 Å². The molecule has 16 heavy (non-hydrogen) atoms. The molecule has 1 unspecified atom stereocenters.